The highest BCUT2D eigenvalue weighted by molar-refractivity contribution is 8.00. The van der Waals surface area contributed by atoms with E-state index >= 15 is 0 Å². The summed E-state index contributed by atoms with van der Waals surface area (Å²) in [6.45, 7) is 6.88. The van der Waals surface area contributed by atoms with E-state index in [0.717, 1.165) is 5.84 Å². The van der Waals surface area contributed by atoms with Crippen LogP contribution in [-0.4, -0.2) is 41.3 Å². The molecule has 1 aliphatic rings. The summed E-state index contributed by atoms with van der Waals surface area (Å²) < 4.78 is 5.40. The number of thioether (sulfide) groups is 1. The Balaban J connectivity index is 1.92. The number of carbonyl (C=O) groups is 1. The molecular formula is C15H20N2O2S. The van der Waals surface area contributed by atoms with Crippen LogP contribution in [-0.2, 0) is 4.74 Å². The molecule has 0 unspecified atom stereocenters. The van der Waals surface area contributed by atoms with Crippen molar-refractivity contribution in [3.63, 3.8) is 0 Å². The first-order valence-electron chi connectivity index (χ1n) is 6.67. The molecule has 4 nitrogen and oxygen atoms in total. The summed E-state index contributed by atoms with van der Waals surface area (Å²) in [4.78, 5) is 19.3. The molecule has 0 aliphatic carbocycles. The number of hydrogen-bond acceptors (Lipinski definition) is 4. The summed E-state index contributed by atoms with van der Waals surface area (Å²) in [5, 5.41) is 0. The van der Waals surface area contributed by atoms with Gasteiger partial charge in [-0.15, -0.1) is 11.8 Å². The van der Waals surface area contributed by atoms with Gasteiger partial charge in [-0.2, -0.15) is 0 Å². The highest BCUT2D eigenvalue weighted by Gasteiger charge is 2.28. The molecule has 5 heteroatoms. The van der Waals surface area contributed by atoms with E-state index < -0.39 is 5.60 Å². The molecule has 1 aliphatic heterocycles. The Kier molecular flexibility index (Phi) is 4.70. The number of ether oxygens (including phenoxy) is 1. The van der Waals surface area contributed by atoms with Crippen molar-refractivity contribution >= 4 is 23.7 Å². The van der Waals surface area contributed by atoms with Crippen LogP contribution < -0.4 is 0 Å². The molecule has 1 amide bonds. The van der Waals surface area contributed by atoms with Crippen molar-refractivity contribution in [2.24, 2.45) is 4.99 Å². The van der Waals surface area contributed by atoms with E-state index in [2.05, 4.69) is 17.1 Å². The van der Waals surface area contributed by atoms with Gasteiger partial charge in [0.15, 0.2) is 0 Å². The Labute approximate surface area is 124 Å². The van der Waals surface area contributed by atoms with Gasteiger partial charge in [-0.1, -0.05) is 18.2 Å². The molecule has 108 valence electrons. The zero-order chi connectivity index (χ0) is 14.6. The summed E-state index contributed by atoms with van der Waals surface area (Å²) in [5.74, 6) is 1.48. The summed E-state index contributed by atoms with van der Waals surface area (Å²) in [6.07, 6.45) is -0.303. The van der Waals surface area contributed by atoms with Gasteiger partial charge in [0, 0.05) is 4.90 Å². The van der Waals surface area contributed by atoms with Gasteiger partial charge in [0.1, 0.15) is 11.4 Å². The molecule has 0 saturated heterocycles. The average Bonchev–Trinajstić information content (AvgIpc) is 2.84. The van der Waals surface area contributed by atoms with Crippen LogP contribution in [0.2, 0.25) is 0 Å². The van der Waals surface area contributed by atoms with Gasteiger partial charge in [0.05, 0.1) is 18.8 Å². The Morgan fingerprint density at radius 2 is 2.05 bits per heavy atom. The fraction of sp³-hybridized carbons (Fsp3) is 0.467. The fourth-order valence-electron chi connectivity index (χ4n) is 1.80. The highest BCUT2D eigenvalue weighted by atomic mass is 32.2. The Bertz CT molecular complexity index is 494. The first-order valence-corrected chi connectivity index (χ1v) is 7.66. The summed E-state index contributed by atoms with van der Waals surface area (Å²) in [5.41, 5.74) is -0.475. The van der Waals surface area contributed by atoms with E-state index in [4.69, 9.17) is 4.74 Å². The topological polar surface area (TPSA) is 41.9 Å². The molecule has 20 heavy (non-hydrogen) atoms. The van der Waals surface area contributed by atoms with Crippen molar-refractivity contribution in [1.82, 2.24) is 4.90 Å². The lowest BCUT2D eigenvalue weighted by atomic mass is 10.2. The lowest BCUT2D eigenvalue weighted by Crippen LogP contribution is -2.39. The van der Waals surface area contributed by atoms with Crippen LogP contribution >= 0.6 is 11.8 Å². The molecule has 0 N–H and O–H groups in total. The predicted octanol–water partition coefficient (Wildman–Crippen LogP) is 3.43. The number of hydrogen-bond donors (Lipinski definition) is 0. The van der Waals surface area contributed by atoms with Gasteiger partial charge in [-0.25, -0.2) is 4.79 Å². The van der Waals surface area contributed by atoms with Crippen molar-refractivity contribution in [1.29, 1.82) is 0 Å². The smallest absolute Gasteiger partial charge is 0.415 e. The van der Waals surface area contributed by atoms with Gasteiger partial charge in [-0.05, 0) is 32.9 Å². The predicted molar refractivity (Wildman–Crippen MR) is 82.4 cm³/mol. The van der Waals surface area contributed by atoms with Gasteiger partial charge >= 0.3 is 6.09 Å². The number of benzene rings is 1. The monoisotopic (exact) mass is 292 g/mol. The summed E-state index contributed by atoms with van der Waals surface area (Å²) >= 11 is 1.68. The molecule has 0 spiro atoms. The van der Waals surface area contributed by atoms with E-state index in [9.17, 15) is 4.79 Å². The van der Waals surface area contributed by atoms with Gasteiger partial charge in [-0.3, -0.25) is 9.89 Å². The maximum atomic E-state index is 12.1. The van der Waals surface area contributed by atoms with E-state index in [1.54, 1.807) is 16.7 Å². The van der Waals surface area contributed by atoms with Crippen molar-refractivity contribution in [3.05, 3.63) is 30.3 Å². The number of aliphatic imine (C=N–C) groups is 1. The second-order valence-electron chi connectivity index (χ2n) is 5.53. The van der Waals surface area contributed by atoms with Crippen LogP contribution in [0.15, 0.2) is 40.2 Å². The zero-order valence-electron chi connectivity index (χ0n) is 12.1. The molecule has 2 rings (SSSR count). The van der Waals surface area contributed by atoms with Crippen molar-refractivity contribution in [3.8, 4) is 0 Å². The first-order chi connectivity index (χ1) is 9.46. The number of carbonyl (C=O) groups excluding carboxylic acids is 1. The zero-order valence-corrected chi connectivity index (χ0v) is 12.9. The first kappa shape index (κ1) is 14.9. The number of amidine groups is 1. The second kappa shape index (κ2) is 6.31. The van der Waals surface area contributed by atoms with Gasteiger partial charge in [0.25, 0.3) is 0 Å². The molecule has 1 aromatic carbocycles. The quantitative estimate of drug-likeness (QED) is 0.802. The molecule has 0 aromatic heterocycles. The third-order valence-electron chi connectivity index (χ3n) is 2.65. The number of amides is 1. The normalized spacial score (nSPS) is 15.2. The van der Waals surface area contributed by atoms with Crippen LogP contribution in [0.3, 0.4) is 0 Å². The minimum absolute atomic E-state index is 0.303. The summed E-state index contributed by atoms with van der Waals surface area (Å²) in [7, 11) is 0. The van der Waals surface area contributed by atoms with Crippen LogP contribution in [0, 0.1) is 0 Å². The van der Waals surface area contributed by atoms with Crippen molar-refractivity contribution in [2.45, 2.75) is 31.3 Å². The van der Waals surface area contributed by atoms with Crippen molar-refractivity contribution in [2.75, 3.05) is 18.8 Å². The van der Waals surface area contributed by atoms with E-state index in [-0.39, 0.29) is 6.09 Å². The molecule has 0 fully saturated rings. The highest BCUT2D eigenvalue weighted by Crippen LogP contribution is 2.20. The Hall–Kier alpha value is -1.49. The fourth-order valence-corrected chi connectivity index (χ4v) is 2.69. The largest absolute Gasteiger partial charge is 0.443 e. The maximum Gasteiger partial charge on any atom is 0.415 e. The molecule has 0 radical (unpaired) electrons. The molecular weight excluding hydrogens is 272 g/mol. The van der Waals surface area contributed by atoms with E-state index in [1.807, 2.05) is 39.0 Å². The van der Waals surface area contributed by atoms with E-state index in [1.165, 1.54) is 4.90 Å². The van der Waals surface area contributed by atoms with Crippen LogP contribution in [0.4, 0.5) is 4.79 Å². The van der Waals surface area contributed by atoms with Crippen LogP contribution in [0.5, 0.6) is 0 Å². The average molecular weight is 292 g/mol. The Morgan fingerprint density at radius 1 is 1.35 bits per heavy atom. The molecule has 1 heterocycles. The third-order valence-corrected chi connectivity index (χ3v) is 3.66. The molecule has 0 bridgehead atoms. The molecule has 1 aromatic rings. The third kappa shape index (κ3) is 4.27. The minimum atomic E-state index is -0.475. The molecule has 0 atom stereocenters. The standard InChI is InChI=1S/C15H20N2O2S/c1-15(2,3)19-14(18)17-10-9-16-13(17)11-20-12-7-5-4-6-8-12/h4-8H,9-11H2,1-3H3. The summed E-state index contributed by atoms with van der Waals surface area (Å²) in [6, 6.07) is 10.1. The lowest BCUT2D eigenvalue weighted by molar-refractivity contribution is 0.0384. The van der Waals surface area contributed by atoms with Gasteiger partial charge < -0.3 is 4.74 Å². The van der Waals surface area contributed by atoms with Gasteiger partial charge in [0.2, 0.25) is 0 Å². The van der Waals surface area contributed by atoms with Crippen LogP contribution in [0.1, 0.15) is 20.8 Å². The van der Waals surface area contributed by atoms with Crippen molar-refractivity contribution < 1.29 is 9.53 Å². The number of rotatable bonds is 3. The van der Waals surface area contributed by atoms with Crippen LogP contribution in [0.25, 0.3) is 0 Å². The Morgan fingerprint density at radius 3 is 2.70 bits per heavy atom. The molecule has 0 saturated carbocycles. The maximum absolute atomic E-state index is 12.1. The lowest BCUT2D eigenvalue weighted by Gasteiger charge is -2.25. The van der Waals surface area contributed by atoms with E-state index in [0.29, 0.717) is 18.8 Å². The second-order valence-corrected chi connectivity index (χ2v) is 6.58. The SMILES string of the molecule is CC(C)(C)OC(=O)N1CCN=C1CSc1ccccc1. The minimum Gasteiger partial charge on any atom is -0.443 e. The number of nitrogens with zero attached hydrogens (tertiary/aromatic N) is 2.